The molecule has 49 heavy (non-hydrogen) atoms. The fourth-order valence-corrected chi connectivity index (χ4v) is 9.04. The number of halogens is 2. The molecule has 1 aliphatic rings. The Bertz CT molecular complexity index is 2160. The molecule has 0 amide bonds. The van der Waals surface area contributed by atoms with Crippen LogP contribution in [-0.4, -0.2) is 50.7 Å². The van der Waals surface area contributed by atoms with E-state index in [1.165, 1.54) is 24.3 Å². The van der Waals surface area contributed by atoms with Gasteiger partial charge in [0.1, 0.15) is 17.4 Å². The average Bonchev–Trinajstić information content (AvgIpc) is 3.66. The summed E-state index contributed by atoms with van der Waals surface area (Å²) in [6.45, 7) is 5.89. The quantitative estimate of drug-likeness (QED) is 0.200. The first kappa shape index (κ1) is 34.3. The first-order valence-corrected chi connectivity index (χ1v) is 18.2. The van der Waals surface area contributed by atoms with Crippen molar-refractivity contribution >= 4 is 26.7 Å². The van der Waals surface area contributed by atoms with Crippen molar-refractivity contribution in [1.29, 1.82) is 0 Å². The number of nitrogens with zero attached hydrogens (tertiary/aromatic N) is 3. The number of hydrogen-bond donors (Lipinski definition) is 2. The van der Waals surface area contributed by atoms with Crippen molar-refractivity contribution in [2.45, 2.75) is 64.7 Å². The van der Waals surface area contributed by atoms with Gasteiger partial charge >= 0.3 is 5.97 Å². The summed E-state index contributed by atoms with van der Waals surface area (Å²) < 4.78 is 66.1. The fraction of sp³-hybridized carbons (Fsp3) is 0.378. The van der Waals surface area contributed by atoms with Gasteiger partial charge in [0.2, 0.25) is 0 Å². The smallest absolute Gasteiger partial charge is 0.303 e. The highest BCUT2D eigenvalue weighted by atomic mass is 32.2. The summed E-state index contributed by atoms with van der Waals surface area (Å²) in [5.41, 5.74) is 1.39. The lowest BCUT2D eigenvalue weighted by Crippen LogP contribution is -2.30. The van der Waals surface area contributed by atoms with E-state index in [1.807, 2.05) is 45.0 Å². The zero-order valence-corrected chi connectivity index (χ0v) is 28.8. The molecule has 1 atom stereocenters. The van der Waals surface area contributed by atoms with Crippen molar-refractivity contribution in [2.24, 2.45) is 12.5 Å². The molecule has 0 spiro atoms. The maximum absolute atomic E-state index is 15.6. The Morgan fingerprint density at radius 1 is 1.06 bits per heavy atom. The number of hydrogen-bond acceptors (Lipinski definition) is 6. The van der Waals surface area contributed by atoms with Gasteiger partial charge in [-0.2, -0.15) is 5.10 Å². The van der Waals surface area contributed by atoms with E-state index in [9.17, 15) is 18.3 Å². The van der Waals surface area contributed by atoms with E-state index in [-0.39, 0.29) is 47.2 Å². The molecule has 3 heterocycles. The van der Waals surface area contributed by atoms with Crippen molar-refractivity contribution in [3.63, 3.8) is 0 Å². The topological polar surface area (TPSA) is 127 Å². The molecule has 12 heteroatoms. The molecule has 258 valence electrons. The molecule has 0 aliphatic carbocycles. The van der Waals surface area contributed by atoms with Crippen LogP contribution in [0.3, 0.4) is 0 Å². The van der Waals surface area contributed by atoms with Crippen LogP contribution in [0.4, 0.5) is 8.78 Å². The first-order valence-electron chi connectivity index (χ1n) is 16.3. The molecular weight excluding hydrogens is 650 g/mol. The van der Waals surface area contributed by atoms with Crippen LogP contribution in [0, 0.1) is 17.0 Å². The lowest BCUT2D eigenvalue weighted by Gasteiger charge is -2.32. The molecule has 0 saturated heterocycles. The molecule has 0 radical (unpaired) electrons. The monoisotopic (exact) mass is 690 g/mol. The third-order valence-electron chi connectivity index (χ3n) is 9.52. The molecule has 5 aromatic rings. The van der Waals surface area contributed by atoms with Gasteiger partial charge in [-0.05, 0) is 73.4 Å². The van der Waals surface area contributed by atoms with E-state index < -0.39 is 38.3 Å². The van der Waals surface area contributed by atoms with Crippen LogP contribution in [0.1, 0.15) is 69.0 Å². The van der Waals surface area contributed by atoms with E-state index in [2.05, 4.69) is 10.1 Å². The second-order valence-electron chi connectivity index (χ2n) is 14.0. The number of H-pyrrole nitrogens is 1. The van der Waals surface area contributed by atoms with Crippen LogP contribution in [-0.2, 0) is 39.9 Å². The Kier molecular flexibility index (Phi) is 9.12. The van der Waals surface area contributed by atoms with Crippen LogP contribution >= 0.6 is 0 Å². The van der Waals surface area contributed by atoms with Crippen molar-refractivity contribution in [1.82, 2.24) is 19.7 Å². The van der Waals surface area contributed by atoms with E-state index in [1.54, 1.807) is 24.0 Å². The number of aliphatic carboxylic acids is 1. The van der Waals surface area contributed by atoms with Gasteiger partial charge in [-0.1, -0.05) is 44.5 Å². The molecule has 9 nitrogen and oxygen atoms in total. The third kappa shape index (κ3) is 7.24. The number of rotatable bonds is 4. The summed E-state index contributed by atoms with van der Waals surface area (Å²) in [7, 11) is -1.85. The Morgan fingerprint density at radius 2 is 1.86 bits per heavy atom. The fourth-order valence-electron chi connectivity index (χ4n) is 7.04. The van der Waals surface area contributed by atoms with Gasteiger partial charge in [0.25, 0.3) is 0 Å². The highest BCUT2D eigenvalue weighted by molar-refractivity contribution is 7.91. The second kappa shape index (κ2) is 13.0. The van der Waals surface area contributed by atoms with Gasteiger partial charge in [-0.15, -0.1) is 0 Å². The van der Waals surface area contributed by atoms with Crippen LogP contribution in [0.2, 0.25) is 0 Å². The number of carbonyl (C=O) groups is 1. The number of nitrogens with one attached hydrogen (secondary N) is 1. The summed E-state index contributed by atoms with van der Waals surface area (Å²) in [5.74, 6) is -1.72. The molecule has 6 rings (SSSR count). The van der Waals surface area contributed by atoms with Crippen LogP contribution in [0.25, 0.3) is 22.3 Å². The maximum Gasteiger partial charge on any atom is 0.303 e. The standard InChI is InChI=1S/C37H40F2N4O5S/c1-36(2)15-6-16-37(3,24-8-5-7-23(19-24)9-12-32(44)45)35-41-34(42-43(35)4)28-20-25(10-11-29(28)38)48-33-27(14-18-49(46,47)22-36)26-13-17-40-31(26)21-30(33)39/h5,7-8,10-11,13,17,19-21,40H,6,9,12,14-16,18,22H2,1-4H3,(H,44,45). The molecule has 0 saturated carbocycles. The molecule has 2 N–H and O–H groups in total. The molecule has 0 fully saturated rings. The summed E-state index contributed by atoms with van der Waals surface area (Å²) in [5, 5.41) is 14.5. The Balaban J connectivity index is 1.50. The zero-order chi connectivity index (χ0) is 35.1. The number of aromatic amines is 1. The van der Waals surface area contributed by atoms with E-state index in [0.29, 0.717) is 48.0 Å². The average molecular weight is 691 g/mol. The molecule has 1 unspecified atom stereocenters. The van der Waals surface area contributed by atoms with Gasteiger partial charge in [0, 0.05) is 42.2 Å². The summed E-state index contributed by atoms with van der Waals surface area (Å²) in [4.78, 5) is 19.2. The minimum atomic E-state index is -3.59. The number of benzene rings is 3. The van der Waals surface area contributed by atoms with Gasteiger partial charge in [0.05, 0.1) is 22.5 Å². The minimum absolute atomic E-state index is 0.0148. The van der Waals surface area contributed by atoms with E-state index in [4.69, 9.17) is 9.72 Å². The van der Waals surface area contributed by atoms with Gasteiger partial charge < -0.3 is 14.8 Å². The van der Waals surface area contributed by atoms with Crippen LogP contribution in [0.5, 0.6) is 11.5 Å². The zero-order valence-electron chi connectivity index (χ0n) is 28.0. The van der Waals surface area contributed by atoms with E-state index >= 15 is 8.78 Å². The number of sulfone groups is 1. The Morgan fingerprint density at radius 3 is 2.63 bits per heavy atom. The largest absolute Gasteiger partial charge is 0.481 e. The third-order valence-corrected chi connectivity index (χ3v) is 11.6. The molecular formula is C37H40F2N4O5S. The van der Waals surface area contributed by atoms with Crippen molar-refractivity contribution in [3.8, 4) is 22.9 Å². The van der Waals surface area contributed by atoms with Gasteiger partial charge in [0.15, 0.2) is 27.2 Å². The summed E-state index contributed by atoms with van der Waals surface area (Å²) >= 11 is 0. The highest BCUT2D eigenvalue weighted by Crippen LogP contribution is 2.41. The van der Waals surface area contributed by atoms with Crippen molar-refractivity contribution < 1.29 is 31.8 Å². The molecule has 3 aromatic carbocycles. The van der Waals surface area contributed by atoms with Crippen molar-refractivity contribution in [3.05, 3.63) is 94.9 Å². The second-order valence-corrected chi connectivity index (χ2v) is 16.2. The number of aryl methyl sites for hydroxylation is 3. The Labute approximate surface area is 284 Å². The lowest BCUT2D eigenvalue weighted by atomic mass is 9.75. The summed E-state index contributed by atoms with van der Waals surface area (Å²) in [6, 6.07) is 14.8. The van der Waals surface area contributed by atoms with Gasteiger partial charge in [-0.25, -0.2) is 22.2 Å². The molecule has 1 aliphatic heterocycles. The van der Waals surface area contributed by atoms with Gasteiger partial charge in [-0.3, -0.25) is 9.48 Å². The lowest BCUT2D eigenvalue weighted by molar-refractivity contribution is -0.136. The van der Waals surface area contributed by atoms with Crippen molar-refractivity contribution in [2.75, 3.05) is 11.5 Å². The predicted octanol–water partition coefficient (Wildman–Crippen LogP) is 7.52. The number of fused-ring (bicyclic) bond motifs is 8. The summed E-state index contributed by atoms with van der Waals surface area (Å²) in [6.07, 6.45) is 3.80. The first-order chi connectivity index (χ1) is 23.1. The number of ether oxygens (including phenoxy) is 1. The highest BCUT2D eigenvalue weighted by Gasteiger charge is 2.36. The number of carboxylic acid groups (broad SMARTS) is 1. The van der Waals surface area contributed by atoms with Crippen LogP contribution in [0.15, 0.2) is 60.8 Å². The predicted molar refractivity (Wildman–Crippen MR) is 184 cm³/mol. The number of carboxylic acids is 1. The molecule has 4 bridgehead atoms. The normalized spacial score (nSPS) is 19.4. The minimum Gasteiger partial charge on any atom is -0.481 e. The van der Waals surface area contributed by atoms with Crippen LogP contribution < -0.4 is 4.74 Å². The molecule has 2 aromatic heterocycles. The number of aromatic nitrogens is 4. The maximum atomic E-state index is 15.6. The Hall–Kier alpha value is -4.58. The SMILES string of the molecule is Cn1nc2nc1C(C)(c1cccc(CCC(=O)O)c1)CCCC(C)(C)CS(=O)(=O)CCc1c(c(F)cc3[nH]ccc13)Oc1ccc(F)c-2c1. The van der Waals surface area contributed by atoms with E-state index in [0.717, 1.165) is 11.1 Å².